The van der Waals surface area contributed by atoms with Gasteiger partial charge in [0, 0.05) is 12.6 Å². The van der Waals surface area contributed by atoms with E-state index in [0.717, 1.165) is 25.3 Å². The molecule has 1 N–H and O–H groups in total. The van der Waals surface area contributed by atoms with Crippen molar-refractivity contribution in [3.63, 3.8) is 0 Å². The Kier molecular flexibility index (Phi) is 2.15. The van der Waals surface area contributed by atoms with E-state index in [1.807, 2.05) is 6.07 Å². The first-order valence-electron chi connectivity index (χ1n) is 5.40. The Hall–Kier alpha value is -1.06. The molecule has 0 saturated carbocycles. The SMILES string of the molecule is COc1ccc2c(c1)CC1NCCOC21. The van der Waals surface area contributed by atoms with Crippen LogP contribution in [-0.2, 0) is 11.2 Å². The van der Waals surface area contributed by atoms with Crippen LogP contribution < -0.4 is 10.1 Å². The lowest BCUT2D eigenvalue weighted by Crippen LogP contribution is -2.41. The fourth-order valence-electron chi connectivity index (χ4n) is 2.54. The highest BCUT2D eigenvalue weighted by Crippen LogP contribution is 2.37. The van der Waals surface area contributed by atoms with E-state index < -0.39 is 0 Å². The second kappa shape index (κ2) is 3.51. The summed E-state index contributed by atoms with van der Waals surface area (Å²) in [5.74, 6) is 0.937. The number of ether oxygens (including phenoxy) is 2. The summed E-state index contributed by atoms with van der Waals surface area (Å²) in [4.78, 5) is 0. The summed E-state index contributed by atoms with van der Waals surface area (Å²) < 4.78 is 11.0. The molecule has 2 aliphatic rings. The maximum atomic E-state index is 5.80. The van der Waals surface area contributed by atoms with Crippen LogP contribution in [0.1, 0.15) is 17.2 Å². The third kappa shape index (κ3) is 1.43. The lowest BCUT2D eigenvalue weighted by Gasteiger charge is -2.27. The summed E-state index contributed by atoms with van der Waals surface area (Å²) in [6, 6.07) is 6.73. The van der Waals surface area contributed by atoms with Gasteiger partial charge in [0.15, 0.2) is 0 Å². The fraction of sp³-hybridized carbons (Fsp3) is 0.500. The quantitative estimate of drug-likeness (QED) is 0.749. The highest BCUT2D eigenvalue weighted by atomic mass is 16.5. The molecule has 1 aliphatic carbocycles. The molecule has 3 nitrogen and oxygen atoms in total. The van der Waals surface area contributed by atoms with E-state index in [1.54, 1.807) is 7.11 Å². The van der Waals surface area contributed by atoms with E-state index in [0.29, 0.717) is 6.04 Å². The van der Waals surface area contributed by atoms with Crippen molar-refractivity contribution in [1.82, 2.24) is 5.32 Å². The van der Waals surface area contributed by atoms with E-state index in [1.165, 1.54) is 11.1 Å². The van der Waals surface area contributed by atoms with Gasteiger partial charge in [-0.05, 0) is 29.7 Å². The van der Waals surface area contributed by atoms with Crippen LogP contribution in [0, 0.1) is 0 Å². The zero-order chi connectivity index (χ0) is 10.3. The molecule has 0 bridgehead atoms. The first-order chi connectivity index (χ1) is 7.38. The average Bonchev–Trinajstić information content (AvgIpc) is 2.66. The topological polar surface area (TPSA) is 30.5 Å². The van der Waals surface area contributed by atoms with Crippen LogP contribution in [0.4, 0.5) is 0 Å². The summed E-state index contributed by atoms with van der Waals surface area (Å²) in [6.45, 7) is 1.78. The summed E-state index contributed by atoms with van der Waals surface area (Å²) in [7, 11) is 1.71. The second-order valence-corrected chi connectivity index (χ2v) is 4.12. The van der Waals surface area contributed by atoms with Crippen molar-refractivity contribution >= 4 is 0 Å². The Bertz CT molecular complexity index is 378. The van der Waals surface area contributed by atoms with Crippen LogP contribution in [0.2, 0.25) is 0 Å². The number of methoxy groups -OCH3 is 1. The Labute approximate surface area is 89.4 Å². The molecule has 3 rings (SSSR count). The largest absolute Gasteiger partial charge is 0.497 e. The van der Waals surface area contributed by atoms with E-state index in [-0.39, 0.29) is 6.10 Å². The van der Waals surface area contributed by atoms with Gasteiger partial charge in [0.25, 0.3) is 0 Å². The minimum Gasteiger partial charge on any atom is -0.497 e. The smallest absolute Gasteiger partial charge is 0.119 e. The van der Waals surface area contributed by atoms with Crippen LogP contribution in [-0.4, -0.2) is 26.3 Å². The van der Waals surface area contributed by atoms with Crippen molar-refractivity contribution in [2.24, 2.45) is 0 Å². The fourth-order valence-corrected chi connectivity index (χ4v) is 2.54. The molecule has 1 aromatic carbocycles. The van der Waals surface area contributed by atoms with Crippen molar-refractivity contribution in [1.29, 1.82) is 0 Å². The van der Waals surface area contributed by atoms with Crippen molar-refractivity contribution in [2.75, 3.05) is 20.3 Å². The predicted molar refractivity (Wildman–Crippen MR) is 57.2 cm³/mol. The third-order valence-corrected chi connectivity index (χ3v) is 3.27. The van der Waals surface area contributed by atoms with Crippen LogP contribution in [0.5, 0.6) is 5.75 Å². The normalized spacial score (nSPS) is 28.3. The third-order valence-electron chi connectivity index (χ3n) is 3.27. The monoisotopic (exact) mass is 205 g/mol. The molecular formula is C12H15NO2. The molecule has 1 aromatic rings. The van der Waals surface area contributed by atoms with Gasteiger partial charge in [0.1, 0.15) is 5.75 Å². The molecule has 15 heavy (non-hydrogen) atoms. The molecule has 1 heterocycles. The molecule has 0 amide bonds. The van der Waals surface area contributed by atoms with Gasteiger partial charge in [-0.25, -0.2) is 0 Å². The highest BCUT2D eigenvalue weighted by molar-refractivity contribution is 5.42. The van der Waals surface area contributed by atoms with E-state index in [9.17, 15) is 0 Å². The lowest BCUT2D eigenvalue weighted by atomic mass is 10.1. The molecule has 3 heteroatoms. The van der Waals surface area contributed by atoms with Crippen LogP contribution in [0.15, 0.2) is 18.2 Å². The zero-order valence-corrected chi connectivity index (χ0v) is 8.82. The molecule has 2 atom stereocenters. The number of benzene rings is 1. The van der Waals surface area contributed by atoms with Crippen LogP contribution in [0.25, 0.3) is 0 Å². The van der Waals surface area contributed by atoms with Gasteiger partial charge >= 0.3 is 0 Å². The maximum absolute atomic E-state index is 5.80. The lowest BCUT2D eigenvalue weighted by molar-refractivity contribution is 0.00358. The molecule has 0 spiro atoms. The van der Waals surface area contributed by atoms with E-state index >= 15 is 0 Å². The Morgan fingerprint density at radius 3 is 3.27 bits per heavy atom. The maximum Gasteiger partial charge on any atom is 0.119 e. The van der Waals surface area contributed by atoms with Gasteiger partial charge < -0.3 is 14.8 Å². The summed E-state index contributed by atoms with van der Waals surface area (Å²) in [5, 5.41) is 3.50. The Balaban J connectivity index is 1.96. The van der Waals surface area contributed by atoms with Gasteiger partial charge in [-0.15, -0.1) is 0 Å². The summed E-state index contributed by atoms with van der Waals surface area (Å²) >= 11 is 0. The number of hydrogen-bond donors (Lipinski definition) is 1. The van der Waals surface area contributed by atoms with Crippen molar-refractivity contribution in [3.05, 3.63) is 29.3 Å². The molecule has 0 aromatic heterocycles. The molecule has 1 fully saturated rings. The van der Waals surface area contributed by atoms with Gasteiger partial charge in [0.2, 0.25) is 0 Å². The Morgan fingerprint density at radius 1 is 1.47 bits per heavy atom. The molecule has 2 unspecified atom stereocenters. The molecule has 1 aliphatic heterocycles. The van der Waals surface area contributed by atoms with Gasteiger partial charge in [0.05, 0.1) is 19.8 Å². The van der Waals surface area contributed by atoms with Crippen molar-refractivity contribution in [2.45, 2.75) is 18.6 Å². The summed E-state index contributed by atoms with van der Waals surface area (Å²) in [6.07, 6.45) is 1.30. The standard InChI is InChI=1S/C12H15NO2/c1-14-9-2-3-10-8(6-9)7-11-12(10)15-5-4-13-11/h2-3,6,11-13H,4-5,7H2,1H3. The van der Waals surface area contributed by atoms with Gasteiger partial charge in [-0.1, -0.05) is 6.07 Å². The minimum atomic E-state index is 0.250. The van der Waals surface area contributed by atoms with Gasteiger partial charge in [-0.2, -0.15) is 0 Å². The number of rotatable bonds is 1. The second-order valence-electron chi connectivity index (χ2n) is 4.12. The number of hydrogen-bond acceptors (Lipinski definition) is 3. The first kappa shape index (κ1) is 9.19. The van der Waals surface area contributed by atoms with Crippen LogP contribution in [0.3, 0.4) is 0 Å². The molecule has 1 saturated heterocycles. The Morgan fingerprint density at radius 2 is 2.40 bits per heavy atom. The van der Waals surface area contributed by atoms with E-state index in [4.69, 9.17) is 9.47 Å². The van der Waals surface area contributed by atoms with Crippen LogP contribution >= 0.6 is 0 Å². The molecular weight excluding hydrogens is 190 g/mol. The summed E-state index contributed by atoms with van der Waals surface area (Å²) in [5.41, 5.74) is 2.69. The van der Waals surface area contributed by atoms with Crippen molar-refractivity contribution < 1.29 is 9.47 Å². The first-order valence-corrected chi connectivity index (χ1v) is 5.40. The zero-order valence-electron chi connectivity index (χ0n) is 8.82. The average molecular weight is 205 g/mol. The number of nitrogens with one attached hydrogen (secondary N) is 1. The highest BCUT2D eigenvalue weighted by Gasteiger charge is 2.35. The van der Waals surface area contributed by atoms with Crippen molar-refractivity contribution in [3.8, 4) is 5.75 Å². The molecule has 0 radical (unpaired) electrons. The van der Waals surface area contributed by atoms with Gasteiger partial charge in [-0.3, -0.25) is 0 Å². The molecule has 80 valence electrons. The number of morpholine rings is 1. The van der Waals surface area contributed by atoms with E-state index in [2.05, 4.69) is 17.4 Å². The number of fused-ring (bicyclic) bond motifs is 3. The minimum absolute atomic E-state index is 0.250. The predicted octanol–water partition coefficient (Wildman–Crippen LogP) is 1.28.